The van der Waals surface area contributed by atoms with Crippen molar-refractivity contribution in [2.75, 3.05) is 0 Å². The van der Waals surface area contributed by atoms with Crippen molar-refractivity contribution in [1.82, 2.24) is 0 Å². The van der Waals surface area contributed by atoms with Gasteiger partial charge in [0.25, 0.3) is 10.1 Å². The molecule has 1 atom stereocenters. The minimum atomic E-state index is -4.31. The van der Waals surface area contributed by atoms with Crippen LogP contribution in [0.25, 0.3) is 0 Å². The van der Waals surface area contributed by atoms with Gasteiger partial charge in [-0.15, -0.1) is 0 Å². The molecular weight excluding hydrogens is 240 g/mol. The summed E-state index contributed by atoms with van der Waals surface area (Å²) in [5.41, 5.74) is -1.08. The lowest BCUT2D eigenvalue weighted by Gasteiger charge is -2.43. The van der Waals surface area contributed by atoms with Gasteiger partial charge in [-0.1, -0.05) is 45.8 Å². The van der Waals surface area contributed by atoms with E-state index in [1.807, 2.05) is 6.92 Å². The molecule has 1 unspecified atom stereocenters. The van der Waals surface area contributed by atoms with E-state index in [0.717, 1.165) is 6.42 Å². The molecule has 4 nitrogen and oxygen atoms in total. The molecule has 0 aliphatic heterocycles. The second-order valence-corrected chi connectivity index (χ2v) is 6.80. The Morgan fingerprint density at radius 3 is 2.47 bits per heavy atom. The van der Waals surface area contributed by atoms with E-state index in [-0.39, 0.29) is 18.6 Å². The van der Waals surface area contributed by atoms with E-state index in [0.29, 0.717) is 6.42 Å². The predicted octanol–water partition coefficient (Wildman–Crippen LogP) is 2.36. The Morgan fingerprint density at radius 2 is 2.00 bits per heavy atom. The van der Waals surface area contributed by atoms with E-state index in [2.05, 4.69) is 0 Å². The zero-order valence-corrected chi connectivity index (χ0v) is 11.4. The second-order valence-electron chi connectivity index (χ2n) is 5.12. The molecule has 98 valence electrons. The SMILES string of the molecule is CCCCC1(S(=O)(=O)O)C=CCC(=O)C1(C)C. The van der Waals surface area contributed by atoms with Crippen molar-refractivity contribution in [3.05, 3.63) is 12.2 Å². The molecule has 1 aliphatic carbocycles. The summed E-state index contributed by atoms with van der Waals surface area (Å²) in [6.07, 6.45) is 5.03. The molecule has 1 N–H and O–H groups in total. The summed E-state index contributed by atoms with van der Waals surface area (Å²) < 4.78 is 31.5. The molecule has 0 aromatic heterocycles. The highest BCUT2D eigenvalue weighted by molar-refractivity contribution is 7.87. The summed E-state index contributed by atoms with van der Waals surface area (Å²) in [5.74, 6) is -0.145. The Kier molecular flexibility index (Phi) is 3.84. The summed E-state index contributed by atoms with van der Waals surface area (Å²) in [6, 6.07) is 0. The first-order chi connectivity index (χ1) is 7.69. The van der Waals surface area contributed by atoms with E-state index in [1.165, 1.54) is 6.08 Å². The number of hydrogen-bond acceptors (Lipinski definition) is 3. The van der Waals surface area contributed by atoms with E-state index in [9.17, 15) is 17.8 Å². The van der Waals surface area contributed by atoms with Crippen LogP contribution in [-0.2, 0) is 14.9 Å². The fourth-order valence-electron chi connectivity index (χ4n) is 2.43. The Bertz CT molecular complexity index is 433. The number of Topliss-reactive ketones (excluding diaryl/α,β-unsaturated/α-hetero) is 1. The van der Waals surface area contributed by atoms with Crippen LogP contribution in [0.4, 0.5) is 0 Å². The molecule has 1 aliphatic rings. The van der Waals surface area contributed by atoms with E-state index in [1.54, 1.807) is 19.9 Å². The highest BCUT2D eigenvalue weighted by Gasteiger charge is 2.56. The molecule has 0 spiro atoms. The van der Waals surface area contributed by atoms with Gasteiger partial charge in [0.1, 0.15) is 10.5 Å². The summed E-state index contributed by atoms with van der Waals surface area (Å²) in [7, 11) is -4.31. The number of ketones is 1. The Morgan fingerprint density at radius 1 is 1.41 bits per heavy atom. The summed E-state index contributed by atoms with van der Waals surface area (Å²) in [5, 5.41) is 0. The molecule has 0 saturated heterocycles. The Balaban J connectivity index is 3.36. The third-order valence-electron chi connectivity index (χ3n) is 3.81. The molecular formula is C12H20O4S. The maximum atomic E-state index is 11.9. The highest BCUT2D eigenvalue weighted by atomic mass is 32.2. The van der Waals surface area contributed by atoms with Crippen molar-refractivity contribution in [2.24, 2.45) is 5.41 Å². The molecule has 0 bridgehead atoms. The summed E-state index contributed by atoms with van der Waals surface area (Å²) in [6.45, 7) is 5.14. The van der Waals surface area contributed by atoms with Crippen LogP contribution in [0.2, 0.25) is 0 Å². The van der Waals surface area contributed by atoms with Gasteiger partial charge in [-0.25, -0.2) is 0 Å². The summed E-state index contributed by atoms with van der Waals surface area (Å²) >= 11 is 0. The lowest BCUT2D eigenvalue weighted by molar-refractivity contribution is -0.128. The van der Waals surface area contributed by atoms with Gasteiger partial charge in [0.2, 0.25) is 0 Å². The predicted molar refractivity (Wildman–Crippen MR) is 66.3 cm³/mol. The summed E-state index contributed by atoms with van der Waals surface area (Å²) in [4.78, 5) is 11.9. The zero-order chi connectivity index (χ0) is 13.3. The molecule has 17 heavy (non-hydrogen) atoms. The molecule has 5 heteroatoms. The van der Waals surface area contributed by atoms with Crippen LogP contribution in [-0.4, -0.2) is 23.5 Å². The normalized spacial score (nSPS) is 28.4. The van der Waals surface area contributed by atoms with Crippen molar-refractivity contribution < 1.29 is 17.8 Å². The minimum absolute atomic E-state index is 0.145. The van der Waals surface area contributed by atoms with Gasteiger partial charge in [0, 0.05) is 11.8 Å². The van der Waals surface area contributed by atoms with Crippen LogP contribution in [0.3, 0.4) is 0 Å². The third kappa shape index (κ3) is 2.18. The molecule has 0 saturated carbocycles. The van der Waals surface area contributed by atoms with Crippen LogP contribution < -0.4 is 0 Å². The molecule has 0 heterocycles. The second kappa shape index (κ2) is 4.53. The van der Waals surface area contributed by atoms with Crippen LogP contribution in [0.5, 0.6) is 0 Å². The van der Waals surface area contributed by atoms with Gasteiger partial charge < -0.3 is 0 Å². The number of hydrogen-bond donors (Lipinski definition) is 1. The highest BCUT2D eigenvalue weighted by Crippen LogP contribution is 2.46. The Labute approximate surface area is 103 Å². The lowest BCUT2D eigenvalue weighted by atomic mass is 9.68. The maximum absolute atomic E-state index is 11.9. The lowest BCUT2D eigenvalue weighted by Crippen LogP contribution is -2.55. The van der Waals surface area contributed by atoms with Crippen molar-refractivity contribution in [3.8, 4) is 0 Å². The van der Waals surface area contributed by atoms with Crippen molar-refractivity contribution in [1.29, 1.82) is 0 Å². The average molecular weight is 260 g/mol. The smallest absolute Gasteiger partial charge is 0.275 e. The molecule has 0 aromatic carbocycles. The first-order valence-corrected chi connectivity index (χ1v) is 7.31. The van der Waals surface area contributed by atoms with Gasteiger partial charge in [0.15, 0.2) is 0 Å². The number of unbranched alkanes of at least 4 members (excludes halogenated alkanes) is 1. The van der Waals surface area contributed by atoms with Crippen LogP contribution in [0.1, 0.15) is 46.5 Å². The number of carbonyl (C=O) groups is 1. The first kappa shape index (κ1) is 14.4. The van der Waals surface area contributed by atoms with E-state index >= 15 is 0 Å². The number of rotatable bonds is 4. The monoisotopic (exact) mass is 260 g/mol. The van der Waals surface area contributed by atoms with Crippen LogP contribution in [0.15, 0.2) is 12.2 Å². The molecule has 0 fully saturated rings. The van der Waals surface area contributed by atoms with Crippen molar-refractivity contribution in [3.63, 3.8) is 0 Å². The van der Waals surface area contributed by atoms with Crippen LogP contribution >= 0.6 is 0 Å². The van der Waals surface area contributed by atoms with Gasteiger partial charge in [0.05, 0.1) is 0 Å². The van der Waals surface area contributed by atoms with Crippen LogP contribution in [0, 0.1) is 5.41 Å². The van der Waals surface area contributed by atoms with Gasteiger partial charge >= 0.3 is 0 Å². The number of carbonyl (C=O) groups excluding carboxylic acids is 1. The molecule has 0 amide bonds. The van der Waals surface area contributed by atoms with Gasteiger partial charge in [-0.3, -0.25) is 9.35 Å². The zero-order valence-electron chi connectivity index (χ0n) is 10.6. The fraction of sp³-hybridized carbons (Fsp3) is 0.750. The third-order valence-corrected chi connectivity index (χ3v) is 5.58. The van der Waals surface area contributed by atoms with Crippen molar-refractivity contribution >= 4 is 15.9 Å². The molecule has 0 radical (unpaired) electrons. The first-order valence-electron chi connectivity index (χ1n) is 5.87. The minimum Gasteiger partial charge on any atom is -0.299 e. The fourth-order valence-corrected chi connectivity index (χ4v) is 3.86. The van der Waals surface area contributed by atoms with Crippen molar-refractivity contribution in [2.45, 2.75) is 51.2 Å². The van der Waals surface area contributed by atoms with E-state index < -0.39 is 20.3 Å². The van der Waals surface area contributed by atoms with E-state index in [4.69, 9.17) is 0 Å². The average Bonchev–Trinajstić information content (AvgIpc) is 2.19. The topological polar surface area (TPSA) is 71.4 Å². The standard InChI is InChI=1S/C12H20O4S/c1-4-5-8-12(17(14,15)16)9-6-7-10(13)11(12,2)3/h6,9H,4-5,7-8H2,1-3H3,(H,14,15,16). The maximum Gasteiger partial charge on any atom is 0.275 e. The van der Waals surface area contributed by atoms with Gasteiger partial charge in [-0.05, 0) is 6.42 Å². The molecule has 0 aromatic rings. The Hall–Kier alpha value is -0.680. The van der Waals surface area contributed by atoms with Gasteiger partial charge in [-0.2, -0.15) is 8.42 Å². The molecule has 1 rings (SSSR count). The quantitative estimate of drug-likeness (QED) is 0.622. The largest absolute Gasteiger partial charge is 0.299 e. The number of allylic oxidation sites excluding steroid dienone is 1.